The molecule has 1 aromatic rings. The largest absolute Gasteiger partial charge is 0.372 e. The molecule has 0 aromatic heterocycles. The number of hydrogen-bond acceptors (Lipinski definition) is 3. The number of hydrogen-bond donors (Lipinski definition) is 0. The van der Waals surface area contributed by atoms with Gasteiger partial charge >= 0.3 is 0 Å². The molecule has 1 heterocycles. The summed E-state index contributed by atoms with van der Waals surface area (Å²) in [6.07, 6.45) is 6.24. The molecule has 0 atom stereocenters. The zero-order valence-electron chi connectivity index (χ0n) is 9.85. The second-order valence-corrected chi connectivity index (χ2v) is 4.98. The van der Waals surface area contributed by atoms with Crippen LogP contribution in [0.2, 0.25) is 0 Å². The molecule has 17 heavy (non-hydrogen) atoms. The van der Waals surface area contributed by atoms with Gasteiger partial charge < -0.3 is 4.90 Å². The van der Waals surface area contributed by atoms with E-state index in [1.54, 1.807) is 6.08 Å². The van der Waals surface area contributed by atoms with E-state index in [1.807, 2.05) is 0 Å². The molecule has 1 aliphatic carbocycles. The van der Waals surface area contributed by atoms with Crippen LogP contribution >= 0.6 is 0 Å². The molecule has 1 aromatic carbocycles. The Kier molecular flexibility index (Phi) is 2.49. The third-order valence-corrected chi connectivity index (χ3v) is 3.86. The van der Waals surface area contributed by atoms with Crippen LogP contribution in [0.5, 0.6) is 0 Å². The van der Waals surface area contributed by atoms with Crippen LogP contribution in [0, 0.1) is 0 Å². The molecule has 0 radical (unpaired) electrons. The fourth-order valence-corrected chi connectivity index (χ4v) is 2.63. The molecule has 2 fully saturated rings. The Morgan fingerprint density at radius 2 is 1.76 bits per heavy atom. The molecule has 0 bridgehead atoms. The normalized spacial score (nSPS) is 21.1. The predicted molar refractivity (Wildman–Crippen MR) is 66.9 cm³/mol. The van der Waals surface area contributed by atoms with Gasteiger partial charge in [0.2, 0.25) is 6.08 Å². The summed E-state index contributed by atoms with van der Waals surface area (Å²) in [6.45, 7) is 2.33. The maximum Gasteiger partial charge on any atom is 0.235 e. The lowest BCUT2D eigenvalue weighted by Gasteiger charge is -2.18. The average Bonchev–Trinajstić information content (AvgIpc) is 2.94. The van der Waals surface area contributed by atoms with Crippen LogP contribution in [0.1, 0.15) is 31.2 Å². The zero-order chi connectivity index (χ0) is 11.7. The van der Waals surface area contributed by atoms with E-state index in [0.717, 1.165) is 31.5 Å². The quantitative estimate of drug-likeness (QED) is 0.588. The Morgan fingerprint density at radius 3 is 2.29 bits per heavy atom. The topological polar surface area (TPSA) is 32.7 Å². The molecule has 0 amide bonds. The molecule has 2 aliphatic rings. The molecule has 1 aliphatic heterocycles. The first-order chi connectivity index (χ1) is 8.34. The van der Waals surface area contributed by atoms with Gasteiger partial charge in [0, 0.05) is 18.8 Å². The summed E-state index contributed by atoms with van der Waals surface area (Å²) in [7, 11) is 0. The predicted octanol–water partition coefficient (Wildman–Crippen LogP) is 2.61. The number of benzene rings is 1. The first-order valence-electron chi connectivity index (χ1n) is 6.29. The Morgan fingerprint density at radius 1 is 1.12 bits per heavy atom. The number of carbonyl (C=O) groups excluding carboxylic acids is 1. The van der Waals surface area contributed by atoms with E-state index in [4.69, 9.17) is 0 Å². The summed E-state index contributed by atoms with van der Waals surface area (Å²) in [5.74, 6) is 0. The molecule has 1 saturated heterocycles. The van der Waals surface area contributed by atoms with Crippen LogP contribution < -0.4 is 4.90 Å². The van der Waals surface area contributed by atoms with Gasteiger partial charge in [-0.2, -0.15) is 4.99 Å². The number of isocyanates is 1. The molecule has 3 heteroatoms. The van der Waals surface area contributed by atoms with Crippen LogP contribution in [0.25, 0.3) is 0 Å². The Hall–Kier alpha value is -1.60. The van der Waals surface area contributed by atoms with Gasteiger partial charge in [0.25, 0.3) is 0 Å². The van der Waals surface area contributed by atoms with E-state index in [0.29, 0.717) is 0 Å². The number of rotatable bonds is 3. The number of anilines is 1. The van der Waals surface area contributed by atoms with Gasteiger partial charge in [-0.1, -0.05) is 12.1 Å². The summed E-state index contributed by atoms with van der Waals surface area (Å²) in [5, 5.41) is 0. The average molecular weight is 228 g/mol. The summed E-state index contributed by atoms with van der Waals surface area (Å²) < 4.78 is 0. The molecule has 0 N–H and O–H groups in total. The molecule has 0 unspecified atom stereocenters. The van der Waals surface area contributed by atoms with Gasteiger partial charge in [-0.25, -0.2) is 4.79 Å². The third kappa shape index (κ3) is 1.87. The summed E-state index contributed by atoms with van der Waals surface area (Å²) in [6, 6.07) is 8.53. The van der Waals surface area contributed by atoms with Crippen molar-refractivity contribution in [2.75, 3.05) is 18.0 Å². The van der Waals surface area contributed by atoms with Gasteiger partial charge in [-0.05, 0) is 43.4 Å². The van der Waals surface area contributed by atoms with Crippen molar-refractivity contribution >= 4 is 11.8 Å². The molecule has 88 valence electrons. The third-order valence-electron chi connectivity index (χ3n) is 3.86. The highest BCUT2D eigenvalue weighted by Crippen LogP contribution is 2.49. The highest BCUT2D eigenvalue weighted by atomic mass is 16.1. The highest BCUT2D eigenvalue weighted by Gasteiger charge is 2.44. The minimum Gasteiger partial charge on any atom is -0.372 e. The smallest absolute Gasteiger partial charge is 0.235 e. The van der Waals surface area contributed by atoms with Gasteiger partial charge in [-0.15, -0.1) is 0 Å². The minimum absolute atomic E-state index is 0.231. The number of nitrogens with zero attached hydrogens (tertiary/aromatic N) is 2. The van der Waals surface area contributed by atoms with Crippen molar-refractivity contribution in [2.45, 2.75) is 31.2 Å². The van der Waals surface area contributed by atoms with Crippen molar-refractivity contribution in [3.05, 3.63) is 29.8 Å². The van der Waals surface area contributed by atoms with Crippen molar-refractivity contribution in [2.24, 2.45) is 4.99 Å². The van der Waals surface area contributed by atoms with Crippen LogP contribution in [-0.2, 0) is 10.3 Å². The fourth-order valence-electron chi connectivity index (χ4n) is 2.63. The van der Waals surface area contributed by atoms with E-state index in [-0.39, 0.29) is 5.54 Å². The SMILES string of the molecule is O=C=NC1(c2ccc(N3CCCC3)cc2)CC1. The monoisotopic (exact) mass is 228 g/mol. The van der Waals surface area contributed by atoms with E-state index in [2.05, 4.69) is 34.2 Å². The van der Waals surface area contributed by atoms with Crippen molar-refractivity contribution < 1.29 is 4.79 Å². The summed E-state index contributed by atoms with van der Waals surface area (Å²) >= 11 is 0. The second-order valence-electron chi connectivity index (χ2n) is 4.98. The Labute approximate surface area is 101 Å². The zero-order valence-corrected chi connectivity index (χ0v) is 9.85. The van der Waals surface area contributed by atoms with Gasteiger partial charge in [0.05, 0.1) is 5.54 Å². The lowest BCUT2D eigenvalue weighted by Crippen LogP contribution is -2.17. The summed E-state index contributed by atoms with van der Waals surface area (Å²) in [5.41, 5.74) is 2.21. The lowest BCUT2D eigenvalue weighted by molar-refractivity contribution is 0.556. The molecule has 1 saturated carbocycles. The minimum atomic E-state index is -0.231. The second kappa shape index (κ2) is 4.01. The fraction of sp³-hybridized carbons (Fsp3) is 0.500. The van der Waals surface area contributed by atoms with Crippen LogP contribution in [0.15, 0.2) is 29.3 Å². The van der Waals surface area contributed by atoms with Crippen molar-refractivity contribution in [3.8, 4) is 0 Å². The molecular weight excluding hydrogens is 212 g/mol. The highest BCUT2D eigenvalue weighted by molar-refractivity contribution is 5.51. The molecule has 0 spiro atoms. The van der Waals surface area contributed by atoms with Gasteiger partial charge in [0.1, 0.15) is 0 Å². The van der Waals surface area contributed by atoms with E-state index >= 15 is 0 Å². The van der Waals surface area contributed by atoms with E-state index in [1.165, 1.54) is 18.5 Å². The van der Waals surface area contributed by atoms with Crippen LogP contribution in [0.3, 0.4) is 0 Å². The van der Waals surface area contributed by atoms with Crippen LogP contribution in [-0.4, -0.2) is 19.2 Å². The summed E-state index contributed by atoms with van der Waals surface area (Å²) in [4.78, 5) is 16.8. The first-order valence-corrected chi connectivity index (χ1v) is 6.29. The first kappa shape index (κ1) is 10.5. The lowest BCUT2D eigenvalue weighted by atomic mass is 10.1. The molecule has 3 rings (SSSR count). The maximum absolute atomic E-state index is 10.4. The van der Waals surface area contributed by atoms with E-state index < -0.39 is 0 Å². The maximum atomic E-state index is 10.4. The Balaban J connectivity index is 1.82. The van der Waals surface area contributed by atoms with Crippen molar-refractivity contribution in [3.63, 3.8) is 0 Å². The van der Waals surface area contributed by atoms with E-state index in [9.17, 15) is 4.79 Å². The standard InChI is InChI=1S/C14H16N2O/c17-11-15-14(7-8-14)12-3-5-13(6-4-12)16-9-1-2-10-16/h3-6H,1-2,7-10H2. The van der Waals surface area contributed by atoms with Gasteiger partial charge in [0.15, 0.2) is 0 Å². The van der Waals surface area contributed by atoms with Crippen molar-refractivity contribution in [1.82, 2.24) is 0 Å². The van der Waals surface area contributed by atoms with Gasteiger partial charge in [-0.3, -0.25) is 0 Å². The van der Waals surface area contributed by atoms with Crippen LogP contribution in [0.4, 0.5) is 5.69 Å². The van der Waals surface area contributed by atoms with Crippen molar-refractivity contribution in [1.29, 1.82) is 0 Å². The number of aliphatic imine (C=N–C) groups is 1. The molecule has 3 nitrogen and oxygen atoms in total. The molecular formula is C14H16N2O. The Bertz CT molecular complexity index is 450.